The monoisotopic (exact) mass is 509 g/mol. The summed E-state index contributed by atoms with van der Waals surface area (Å²) in [5.74, 6) is 2.76. The summed E-state index contributed by atoms with van der Waals surface area (Å²) in [6.45, 7) is 7.29. The van der Waals surface area contributed by atoms with Crippen LogP contribution in [0.5, 0.6) is 0 Å². The minimum Gasteiger partial charge on any atom is -0.393 e. The van der Waals surface area contributed by atoms with Gasteiger partial charge in [0.2, 0.25) is 5.91 Å². The van der Waals surface area contributed by atoms with Crippen molar-refractivity contribution in [2.45, 2.75) is 97.2 Å². The number of carbonyl (C=O) groups excluding carboxylic acids is 1. The first-order chi connectivity index (χ1) is 17.6. The fraction of sp³-hybridized carbons (Fsp3) is 0.719. The van der Waals surface area contributed by atoms with Crippen LogP contribution in [0.15, 0.2) is 30.5 Å². The molecule has 0 bridgehead atoms. The Kier molecular flexibility index (Phi) is 6.35. The summed E-state index contributed by atoms with van der Waals surface area (Å²) in [6, 6.07) is 6.41. The Morgan fingerprint density at radius 1 is 1.05 bits per heavy atom. The van der Waals surface area contributed by atoms with Crippen LogP contribution >= 0.6 is 0 Å². The Hall–Kier alpha value is -1.72. The zero-order valence-corrected chi connectivity index (χ0v) is 22.7. The lowest BCUT2D eigenvalue weighted by Crippen LogP contribution is -2.58. The minimum atomic E-state index is -0.279. The van der Waals surface area contributed by atoms with Crippen molar-refractivity contribution in [1.29, 1.82) is 0 Å². The third-order valence-corrected chi connectivity index (χ3v) is 12.2. The van der Waals surface area contributed by atoms with Gasteiger partial charge in [0.15, 0.2) is 0 Å². The zero-order valence-electron chi connectivity index (χ0n) is 22.7. The van der Waals surface area contributed by atoms with Crippen LogP contribution in [-0.2, 0) is 0 Å². The first kappa shape index (κ1) is 25.6. The lowest BCUT2D eigenvalue weighted by Gasteiger charge is -2.62. The van der Waals surface area contributed by atoms with Gasteiger partial charge in [-0.3, -0.25) is 9.36 Å². The molecule has 0 amide bonds. The van der Waals surface area contributed by atoms with E-state index in [1.165, 1.54) is 37.8 Å². The topological polar surface area (TPSA) is 62.5 Å². The van der Waals surface area contributed by atoms with Crippen LogP contribution in [0.1, 0.15) is 89.8 Å². The van der Waals surface area contributed by atoms with E-state index in [0.717, 1.165) is 43.0 Å². The molecule has 5 heteroatoms. The van der Waals surface area contributed by atoms with Gasteiger partial charge >= 0.3 is 0 Å². The summed E-state index contributed by atoms with van der Waals surface area (Å²) in [4.78, 5) is 13.1. The first-order valence-electron chi connectivity index (χ1n) is 14.8. The van der Waals surface area contributed by atoms with Gasteiger partial charge in [-0.05, 0) is 128 Å². The number of nitrogens with zero attached hydrogens (tertiary/aromatic N) is 1. The van der Waals surface area contributed by atoms with E-state index in [0.29, 0.717) is 41.9 Å². The maximum Gasteiger partial charge on any atom is 0.231 e. The predicted octanol–water partition coefficient (Wildman–Crippen LogP) is 6.83. The number of aliphatic hydroxyl groups excluding tert-OH is 2. The van der Waals surface area contributed by atoms with Gasteiger partial charge in [-0.15, -0.1) is 0 Å². The maximum absolute atomic E-state index is 13.6. The maximum atomic E-state index is 13.6. The van der Waals surface area contributed by atoms with E-state index in [1.54, 1.807) is 16.8 Å². The van der Waals surface area contributed by atoms with Gasteiger partial charge in [0, 0.05) is 18.0 Å². The lowest BCUT2D eigenvalue weighted by atomic mass is 9.43. The molecule has 0 saturated heterocycles. The van der Waals surface area contributed by atoms with Gasteiger partial charge in [0.1, 0.15) is 5.82 Å². The van der Waals surface area contributed by atoms with Crippen LogP contribution in [0, 0.1) is 52.2 Å². The summed E-state index contributed by atoms with van der Waals surface area (Å²) < 4.78 is 15.3. The SMILES string of the molecule is C[C@H](CCC(=O)n1ccc2cc(F)ccc21)[C@H]1CC[C@H]2[C@@H]3[C@H](O)C[C@@H]4C[C@H](O)CC[C@]4(C)[C@H]3CC[C@]12C. The van der Waals surface area contributed by atoms with Gasteiger partial charge in [-0.25, -0.2) is 4.39 Å². The summed E-state index contributed by atoms with van der Waals surface area (Å²) in [7, 11) is 0. The van der Waals surface area contributed by atoms with E-state index in [-0.39, 0.29) is 34.8 Å². The van der Waals surface area contributed by atoms with Crippen molar-refractivity contribution in [2.24, 2.45) is 46.3 Å². The van der Waals surface area contributed by atoms with Gasteiger partial charge < -0.3 is 10.2 Å². The number of halogens is 1. The normalized spacial score (nSPS) is 42.2. The average Bonchev–Trinajstić information content (AvgIpc) is 3.44. The van der Waals surface area contributed by atoms with Crippen LogP contribution in [-0.4, -0.2) is 32.9 Å². The summed E-state index contributed by atoms with van der Waals surface area (Å²) in [6.07, 6.45) is 11.2. The van der Waals surface area contributed by atoms with E-state index in [9.17, 15) is 19.4 Å². The smallest absolute Gasteiger partial charge is 0.231 e. The summed E-state index contributed by atoms with van der Waals surface area (Å²) in [5, 5.41) is 22.5. The molecule has 4 saturated carbocycles. The Bertz CT molecular complexity index is 1180. The quantitative estimate of drug-likeness (QED) is 0.475. The molecular weight excluding hydrogens is 465 g/mol. The van der Waals surface area contributed by atoms with Crippen LogP contribution in [0.4, 0.5) is 4.39 Å². The fourth-order valence-corrected chi connectivity index (χ4v) is 10.2. The standard InChI is InChI=1S/C32H44FNO3/c1-19(4-9-29(37)34-15-12-20-16-22(33)5-8-27(20)34)24-6-7-25-30-26(11-14-32(24,25)3)31(2)13-10-23(35)17-21(31)18-28(30)36/h5,8,12,15-16,19,21,23-26,28,30,35-36H,4,6-7,9-11,13-14,17-18H2,1-3H3/t19-,21+,23-,24-,25+,26+,28-,30+,31+,32-/m1/s1. The molecule has 1 heterocycles. The summed E-state index contributed by atoms with van der Waals surface area (Å²) in [5.41, 5.74) is 1.25. The second-order valence-electron chi connectivity index (χ2n) is 13.8. The van der Waals surface area contributed by atoms with Crippen LogP contribution < -0.4 is 0 Å². The molecular formula is C32H44FNO3. The highest BCUT2D eigenvalue weighted by Gasteiger charge is 2.62. The first-order valence-corrected chi connectivity index (χ1v) is 14.8. The molecule has 2 aromatic rings. The Balaban J connectivity index is 1.15. The second kappa shape index (κ2) is 9.19. The number of fused-ring (bicyclic) bond motifs is 6. The van der Waals surface area contributed by atoms with E-state index in [1.807, 2.05) is 6.07 Å². The van der Waals surface area contributed by atoms with Crippen LogP contribution in [0.2, 0.25) is 0 Å². The average molecular weight is 510 g/mol. The highest BCUT2D eigenvalue weighted by atomic mass is 19.1. The molecule has 10 atom stereocenters. The van der Waals surface area contributed by atoms with E-state index in [4.69, 9.17) is 0 Å². The molecule has 0 radical (unpaired) electrons. The third kappa shape index (κ3) is 4.02. The number of carbonyl (C=O) groups is 1. The van der Waals surface area contributed by atoms with Crippen molar-refractivity contribution in [1.82, 2.24) is 4.57 Å². The molecule has 0 unspecified atom stereocenters. The number of aliphatic hydroxyl groups is 2. The van der Waals surface area contributed by atoms with Crippen LogP contribution in [0.25, 0.3) is 10.9 Å². The Labute approximate surface area is 220 Å². The van der Waals surface area contributed by atoms with Gasteiger partial charge in [-0.1, -0.05) is 20.8 Å². The number of aromatic nitrogens is 1. The second-order valence-corrected chi connectivity index (χ2v) is 13.8. The number of rotatable bonds is 4. The van der Waals surface area contributed by atoms with Crippen molar-refractivity contribution < 1.29 is 19.4 Å². The molecule has 4 nitrogen and oxygen atoms in total. The molecule has 0 aliphatic heterocycles. The Morgan fingerprint density at radius 3 is 2.62 bits per heavy atom. The van der Waals surface area contributed by atoms with E-state index in [2.05, 4.69) is 20.8 Å². The predicted molar refractivity (Wildman–Crippen MR) is 144 cm³/mol. The molecule has 4 aliphatic rings. The molecule has 4 fully saturated rings. The summed E-state index contributed by atoms with van der Waals surface area (Å²) >= 11 is 0. The molecule has 2 N–H and O–H groups in total. The molecule has 1 aromatic heterocycles. The highest BCUT2D eigenvalue weighted by Crippen LogP contribution is 2.68. The van der Waals surface area contributed by atoms with Crippen molar-refractivity contribution in [3.8, 4) is 0 Å². The lowest BCUT2D eigenvalue weighted by molar-refractivity contribution is -0.174. The van der Waals surface area contributed by atoms with Crippen molar-refractivity contribution in [2.75, 3.05) is 0 Å². The molecule has 37 heavy (non-hydrogen) atoms. The molecule has 1 aromatic carbocycles. The van der Waals surface area contributed by atoms with E-state index >= 15 is 0 Å². The highest BCUT2D eigenvalue weighted by molar-refractivity contribution is 5.92. The van der Waals surface area contributed by atoms with Gasteiger partial charge in [0.25, 0.3) is 0 Å². The Morgan fingerprint density at radius 2 is 1.81 bits per heavy atom. The molecule has 0 spiro atoms. The van der Waals surface area contributed by atoms with Gasteiger partial charge in [0.05, 0.1) is 17.7 Å². The molecule has 4 aliphatic carbocycles. The minimum absolute atomic E-state index is 0.0815. The van der Waals surface area contributed by atoms with Gasteiger partial charge in [-0.2, -0.15) is 0 Å². The number of benzene rings is 1. The van der Waals surface area contributed by atoms with Crippen LogP contribution in [0.3, 0.4) is 0 Å². The fourth-order valence-electron chi connectivity index (χ4n) is 10.2. The zero-order chi connectivity index (χ0) is 26.1. The third-order valence-electron chi connectivity index (χ3n) is 12.2. The van der Waals surface area contributed by atoms with E-state index < -0.39 is 0 Å². The number of hydrogen-bond donors (Lipinski definition) is 2. The molecule has 202 valence electrons. The molecule has 6 rings (SSSR count). The van der Waals surface area contributed by atoms with Crippen molar-refractivity contribution in [3.63, 3.8) is 0 Å². The van der Waals surface area contributed by atoms with Crippen molar-refractivity contribution in [3.05, 3.63) is 36.3 Å². The number of hydrogen-bond acceptors (Lipinski definition) is 3. The largest absolute Gasteiger partial charge is 0.393 e. The van der Waals surface area contributed by atoms with Crippen molar-refractivity contribution >= 4 is 16.8 Å².